The number of halogens is 4. The number of benzene rings is 1. The second kappa shape index (κ2) is 5.61. The van der Waals surface area contributed by atoms with Crippen LogP contribution >= 0.6 is 11.6 Å². The fourth-order valence-corrected chi connectivity index (χ4v) is 1.89. The van der Waals surface area contributed by atoms with Crippen molar-refractivity contribution in [3.05, 3.63) is 52.8 Å². The normalized spacial score (nSPS) is 11.2. The SMILES string of the molecule is Nc1cccnc1C(=O)Nc1c(Cl)cccc1C(F)(F)F. The number of carbonyl (C=O) groups is 1. The third-order valence-corrected chi connectivity index (χ3v) is 2.93. The van der Waals surface area contributed by atoms with Gasteiger partial charge in [-0.2, -0.15) is 13.2 Å². The molecule has 21 heavy (non-hydrogen) atoms. The van der Waals surface area contributed by atoms with E-state index in [1.54, 1.807) is 0 Å². The number of carbonyl (C=O) groups excluding carboxylic acids is 1. The van der Waals surface area contributed by atoms with Gasteiger partial charge in [0.15, 0.2) is 5.69 Å². The molecule has 0 saturated heterocycles. The first-order valence-corrected chi connectivity index (χ1v) is 6.06. The number of nitrogen functional groups attached to an aromatic ring is 1. The zero-order valence-corrected chi connectivity index (χ0v) is 11.2. The first-order chi connectivity index (χ1) is 9.80. The van der Waals surface area contributed by atoms with Crippen molar-refractivity contribution in [2.75, 3.05) is 11.1 Å². The highest BCUT2D eigenvalue weighted by molar-refractivity contribution is 6.34. The summed E-state index contributed by atoms with van der Waals surface area (Å²) in [4.78, 5) is 15.7. The Morgan fingerprint density at radius 1 is 1.24 bits per heavy atom. The molecule has 2 rings (SSSR count). The van der Waals surface area contributed by atoms with E-state index in [0.717, 1.165) is 12.1 Å². The fourth-order valence-electron chi connectivity index (χ4n) is 1.67. The molecule has 1 aromatic carbocycles. The summed E-state index contributed by atoms with van der Waals surface area (Å²) in [5.41, 5.74) is 3.86. The van der Waals surface area contributed by atoms with E-state index >= 15 is 0 Å². The van der Waals surface area contributed by atoms with Gasteiger partial charge in [-0.1, -0.05) is 17.7 Å². The van der Waals surface area contributed by atoms with E-state index < -0.39 is 23.3 Å². The lowest BCUT2D eigenvalue weighted by atomic mass is 10.1. The van der Waals surface area contributed by atoms with E-state index in [0.29, 0.717) is 0 Å². The number of nitrogens with zero attached hydrogens (tertiary/aromatic N) is 1. The molecule has 0 atom stereocenters. The first kappa shape index (κ1) is 15.1. The summed E-state index contributed by atoms with van der Waals surface area (Å²) >= 11 is 5.74. The maximum atomic E-state index is 12.9. The summed E-state index contributed by atoms with van der Waals surface area (Å²) in [6.07, 6.45) is -3.34. The number of hydrogen-bond donors (Lipinski definition) is 2. The molecule has 1 aromatic heterocycles. The number of anilines is 2. The van der Waals surface area contributed by atoms with Crippen LogP contribution < -0.4 is 11.1 Å². The topological polar surface area (TPSA) is 68.0 Å². The molecule has 0 fully saturated rings. The molecule has 0 saturated carbocycles. The van der Waals surface area contributed by atoms with Crippen LogP contribution in [-0.2, 0) is 6.18 Å². The Morgan fingerprint density at radius 2 is 1.95 bits per heavy atom. The molecule has 1 heterocycles. The summed E-state index contributed by atoms with van der Waals surface area (Å²) in [6.45, 7) is 0. The fraction of sp³-hybridized carbons (Fsp3) is 0.0769. The van der Waals surface area contributed by atoms with Gasteiger partial charge >= 0.3 is 6.18 Å². The number of alkyl halides is 3. The second-order valence-electron chi connectivity index (χ2n) is 4.06. The molecule has 8 heteroatoms. The van der Waals surface area contributed by atoms with Crippen LogP contribution in [0.2, 0.25) is 5.02 Å². The Kier molecular flexibility index (Phi) is 4.04. The lowest BCUT2D eigenvalue weighted by Crippen LogP contribution is -2.19. The van der Waals surface area contributed by atoms with Crippen LogP contribution in [0.5, 0.6) is 0 Å². The smallest absolute Gasteiger partial charge is 0.397 e. The summed E-state index contributed by atoms with van der Waals surface area (Å²) in [7, 11) is 0. The number of hydrogen-bond acceptors (Lipinski definition) is 3. The molecule has 3 N–H and O–H groups in total. The molecule has 0 radical (unpaired) electrons. The van der Waals surface area contributed by atoms with E-state index in [9.17, 15) is 18.0 Å². The number of para-hydroxylation sites is 1. The van der Waals surface area contributed by atoms with Crippen LogP contribution in [0, 0.1) is 0 Å². The zero-order chi connectivity index (χ0) is 15.6. The van der Waals surface area contributed by atoms with Gasteiger partial charge in [0.2, 0.25) is 0 Å². The third-order valence-electron chi connectivity index (χ3n) is 2.61. The molecule has 0 unspecified atom stereocenters. The van der Waals surface area contributed by atoms with E-state index in [1.165, 1.54) is 24.4 Å². The highest BCUT2D eigenvalue weighted by Crippen LogP contribution is 2.38. The van der Waals surface area contributed by atoms with Gasteiger partial charge in [-0.3, -0.25) is 4.79 Å². The highest BCUT2D eigenvalue weighted by Gasteiger charge is 2.35. The Morgan fingerprint density at radius 3 is 2.57 bits per heavy atom. The Bertz CT molecular complexity index is 689. The number of pyridine rings is 1. The van der Waals surface area contributed by atoms with Gasteiger partial charge in [-0.05, 0) is 24.3 Å². The van der Waals surface area contributed by atoms with Crippen LogP contribution in [-0.4, -0.2) is 10.9 Å². The minimum absolute atomic E-state index is 0.0515. The Balaban J connectivity index is 2.41. The average Bonchev–Trinajstić information content (AvgIpc) is 2.40. The predicted molar refractivity (Wildman–Crippen MR) is 73.1 cm³/mol. The van der Waals surface area contributed by atoms with Gasteiger partial charge in [-0.25, -0.2) is 4.98 Å². The van der Waals surface area contributed by atoms with Gasteiger partial charge in [0, 0.05) is 6.20 Å². The van der Waals surface area contributed by atoms with E-state index in [-0.39, 0.29) is 16.4 Å². The second-order valence-corrected chi connectivity index (χ2v) is 4.46. The molecule has 4 nitrogen and oxygen atoms in total. The number of rotatable bonds is 2. The van der Waals surface area contributed by atoms with Crippen molar-refractivity contribution < 1.29 is 18.0 Å². The highest BCUT2D eigenvalue weighted by atomic mass is 35.5. The Hall–Kier alpha value is -2.28. The van der Waals surface area contributed by atoms with Crippen LogP contribution in [0.25, 0.3) is 0 Å². The quantitative estimate of drug-likeness (QED) is 0.890. The van der Waals surface area contributed by atoms with Gasteiger partial charge in [0.25, 0.3) is 5.91 Å². The van der Waals surface area contributed by atoms with Crippen molar-refractivity contribution in [3.63, 3.8) is 0 Å². The largest absolute Gasteiger partial charge is 0.418 e. The van der Waals surface area contributed by atoms with Gasteiger partial charge in [0.05, 0.1) is 22.0 Å². The number of amides is 1. The summed E-state index contributed by atoms with van der Waals surface area (Å²) in [6, 6.07) is 6.13. The van der Waals surface area contributed by atoms with E-state index in [1.807, 2.05) is 0 Å². The van der Waals surface area contributed by atoms with Gasteiger partial charge in [0.1, 0.15) is 0 Å². The lowest BCUT2D eigenvalue weighted by molar-refractivity contribution is -0.136. The van der Waals surface area contributed by atoms with Crippen molar-refractivity contribution in [2.24, 2.45) is 0 Å². The van der Waals surface area contributed by atoms with E-state index in [2.05, 4.69) is 10.3 Å². The molecule has 0 aliphatic carbocycles. The monoisotopic (exact) mass is 315 g/mol. The van der Waals surface area contributed by atoms with Crippen molar-refractivity contribution >= 4 is 28.9 Å². The van der Waals surface area contributed by atoms with Crippen molar-refractivity contribution in [1.82, 2.24) is 4.98 Å². The van der Waals surface area contributed by atoms with Crippen molar-refractivity contribution in [3.8, 4) is 0 Å². The predicted octanol–water partition coefficient (Wildman–Crippen LogP) is 3.59. The molecule has 110 valence electrons. The van der Waals surface area contributed by atoms with Gasteiger partial charge < -0.3 is 11.1 Å². The molecule has 0 bridgehead atoms. The molecule has 0 spiro atoms. The molecule has 1 amide bonds. The first-order valence-electron chi connectivity index (χ1n) is 5.68. The molecular weight excluding hydrogens is 307 g/mol. The standard InChI is InChI=1S/C13H9ClF3N3O/c14-8-4-1-3-7(13(15,16)17)10(8)20-12(21)11-9(18)5-2-6-19-11/h1-6H,18H2,(H,20,21). The van der Waals surface area contributed by atoms with Crippen molar-refractivity contribution in [1.29, 1.82) is 0 Å². The zero-order valence-electron chi connectivity index (χ0n) is 10.4. The van der Waals surface area contributed by atoms with Crippen LogP contribution in [0.1, 0.15) is 16.1 Å². The third kappa shape index (κ3) is 3.25. The van der Waals surface area contributed by atoms with E-state index in [4.69, 9.17) is 17.3 Å². The Labute approximate surface area is 122 Å². The summed E-state index contributed by atoms with van der Waals surface area (Å²) in [5.74, 6) is -0.869. The van der Waals surface area contributed by atoms with Crippen molar-refractivity contribution in [2.45, 2.75) is 6.18 Å². The maximum Gasteiger partial charge on any atom is 0.418 e. The van der Waals surface area contributed by atoms with Crippen LogP contribution in [0.4, 0.5) is 24.5 Å². The number of nitrogens with two attached hydrogens (primary N) is 1. The summed E-state index contributed by atoms with van der Waals surface area (Å²) in [5, 5.41) is 1.88. The van der Waals surface area contributed by atoms with Crippen LogP contribution in [0.15, 0.2) is 36.5 Å². The maximum absolute atomic E-state index is 12.9. The molecular formula is C13H9ClF3N3O. The number of aromatic nitrogens is 1. The molecule has 0 aliphatic heterocycles. The molecule has 2 aromatic rings. The lowest BCUT2D eigenvalue weighted by Gasteiger charge is -2.15. The van der Waals surface area contributed by atoms with Gasteiger partial charge in [-0.15, -0.1) is 0 Å². The minimum atomic E-state index is -4.65. The molecule has 0 aliphatic rings. The summed E-state index contributed by atoms with van der Waals surface area (Å²) < 4.78 is 38.7. The average molecular weight is 316 g/mol. The van der Waals surface area contributed by atoms with Crippen LogP contribution in [0.3, 0.4) is 0 Å². The minimum Gasteiger partial charge on any atom is -0.397 e. The number of nitrogens with one attached hydrogen (secondary N) is 1.